The van der Waals surface area contributed by atoms with Gasteiger partial charge in [0.05, 0.1) is 5.75 Å². The fraction of sp³-hybridized carbons (Fsp3) is 0.190. The molecule has 1 N–H and O–H groups in total. The predicted octanol–water partition coefficient (Wildman–Crippen LogP) is 2.69. The molecule has 1 radical (unpaired) electrons. The molecule has 5 nitrogen and oxygen atoms in total. The molecular formula is C21H21N2O3S. The summed E-state index contributed by atoms with van der Waals surface area (Å²) in [4.78, 5) is 12.4. The van der Waals surface area contributed by atoms with Crippen LogP contribution in [0, 0.1) is 0 Å². The number of aryl methyl sites for hydroxylation is 1. The summed E-state index contributed by atoms with van der Waals surface area (Å²) in [5, 5.41) is 4.05. The Labute approximate surface area is 159 Å². The van der Waals surface area contributed by atoms with Gasteiger partial charge in [0.2, 0.25) is 10.0 Å². The van der Waals surface area contributed by atoms with Gasteiger partial charge in [-0.05, 0) is 36.1 Å². The molecule has 0 aliphatic carbocycles. The Morgan fingerprint density at radius 1 is 0.926 bits per heavy atom. The summed E-state index contributed by atoms with van der Waals surface area (Å²) in [7, 11) is -3.64. The summed E-state index contributed by atoms with van der Waals surface area (Å²) >= 11 is 0. The number of amides is 1. The van der Waals surface area contributed by atoms with Crippen molar-refractivity contribution in [2.24, 2.45) is 0 Å². The summed E-state index contributed by atoms with van der Waals surface area (Å²) in [5.41, 5.74) is 3.19. The number of carbonyl (C=O) groups excluding carboxylic acids is 1. The number of carbonyl (C=O) groups is 1. The number of benzene rings is 2. The van der Waals surface area contributed by atoms with E-state index in [4.69, 9.17) is 0 Å². The second-order valence-corrected chi connectivity index (χ2v) is 8.27. The van der Waals surface area contributed by atoms with Gasteiger partial charge in [-0.25, -0.2) is 13.7 Å². The molecule has 0 spiro atoms. The molecule has 0 saturated heterocycles. The average molecular weight is 381 g/mol. The fourth-order valence-corrected chi connectivity index (χ4v) is 4.00. The van der Waals surface area contributed by atoms with Gasteiger partial charge in [-0.3, -0.25) is 9.52 Å². The van der Waals surface area contributed by atoms with Crippen molar-refractivity contribution in [2.75, 3.05) is 5.75 Å². The first-order chi connectivity index (χ1) is 12.9. The Morgan fingerprint density at radius 3 is 2.11 bits per heavy atom. The van der Waals surface area contributed by atoms with Crippen LogP contribution >= 0.6 is 0 Å². The molecular weight excluding hydrogens is 360 g/mol. The maximum absolute atomic E-state index is 12.4. The molecule has 2 aromatic carbocycles. The number of allylic oxidation sites excluding steroid dienone is 3. The maximum Gasteiger partial charge on any atom is 0.294 e. The first-order valence-electron chi connectivity index (χ1n) is 8.69. The molecule has 2 aromatic rings. The molecule has 1 aliphatic heterocycles. The molecule has 0 aromatic heterocycles. The molecule has 0 bridgehead atoms. The molecule has 0 atom stereocenters. The Hall–Kier alpha value is -2.86. The van der Waals surface area contributed by atoms with E-state index >= 15 is 0 Å². The molecule has 1 heterocycles. The first-order valence-corrected chi connectivity index (χ1v) is 10.3. The van der Waals surface area contributed by atoms with Gasteiger partial charge in [0.25, 0.3) is 5.91 Å². The minimum Gasteiger partial charge on any atom is -0.278 e. The van der Waals surface area contributed by atoms with Gasteiger partial charge in [-0.1, -0.05) is 60.7 Å². The molecule has 1 amide bonds. The first kappa shape index (κ1) is 18.9. The lowest BCUT2D eigenvalue weighted by molar-refractivity contribution is -0.117. The van der Waals surface area contributed by atoms with Crippen LogP contribution in [-0.2, 0) is 27.7 Å². The zero-order valence-corrected chi connectivity index (χ0v) is 15.9. The van der Waals surface area contributed by atoms with Crippen molar-refractivity contribution >= 4 is 15.9 Å². The number of rotatable bonds is 7. The van der Waals surface area contributed by atoms with Gasteiger partial charge in [0.15, 0.2) is 0 Å². The van der Waals surface area contributed by atoms with Crippen LogP contribution in [0.1, 0.15) is 18.1 Å². The molecule has 27 heavy (non-hydrogen) atoms. The van der Waals surface area contributed by atoms with Crippen molar-refractivity contribution in [3.05, 3.63) is 94.8 Å². The van der Waals surface area contributed by atoms with Gasteiger partial charge in [-0.2, -0.15) is 0 Å². The maximum atomic E-state index is 12.4. The molecule has 3 rings (SSSR count). The van der Waals surface area contributed by atoms with Crippen molar-refractivity contribution in [2.45, 2.75) is 19.8 Å². The van der Waals surface area contributed by atoms with E-state index in [0.717, 1.165) is 11.1 Å². The highest BCUT2D eigenvalue weighted by molar-refractivity contribution is 7.89. The molecule has 0 fully saturated rings. The van der Waals surface area contributed by atoms with Crippen LogP contribution in [-0.4, -0.2) is 20.1 Å². The lowest BCUT2D eigenvalue weighted by Crippen LogP contribution is -2.36. The Balaban J connectivity index is 1.69. The third-order valence-electron chi connectivity index (χ3n) is 4.22. The second kappa shape index (κ2) is 8.22. The number of nitrogens with zero attached hydrogens (tertiary/aromatic N) is 1. The summed E-state index contributed by atoms with van der Waals surface area (Å²) in [6.45, 7) is 1.71. The van der Waals surface area contributed by atoms with Crippen molar-refractivity contribution in [1.29, 1.82) is 0 Å². The highest BCUT2D eigenvalue weighted by Gasteiger charge is 2.24. The van der Waals surface area contributed by atoms with Crippen LogP contribution < -0.4 is 10.0 Å². The third kappa shape index (κ3) is 5.31. The molecule has 1 aliphatic rings. The second-order valence-electron chi connectivity index (χ2n) is 6.43. The smallest absolute Gasteiger partial charge is 0.278 e. The van der Waals surface area contributed by atoms with Crippen molar-refractivity contribution in [3.63, 3.8) is 0 Å². The highest BCUT2D eigenvalue weighted by atomic mass is 32.2. The van der Waals surface area contributed by atoms with Crippen LogP contribution in [0.2, 0.25) is 0 Å². The Bertz CT molecular complexity index is 979. The van der Waals surface area contributed by atoms with E-state index in [-0.39, 0.29) is 11.4 Å². The SMILES string of the molecule is CC1=C(NS(=O)(=O)CCc2ccccc2)C(=O)[N]C(Cc2ccccc2)=C1. The van der Waals surface area contributed by atoms with E-state index in [9.17, 15) is 13.2 Å². The van der Waals surface area contributed by atoms with Crippen LogP contribution in [0.15, 0.2) is 83.7 Å². The van der Waals surface area contributed by atoms with Crippen molar-refractivity contribution in [1.82, 2.24) is 10.0 Å². The summed E-state index contributed by atoms with van der Waals surface area (Å²) in [6.07, 6.45) is 2.66. The minimum absolute atomic E-state index is 0.0277. The summed E-state index contributed by atoms with van der Waals surface area (Å²) in [6, 6.07) is 19.1. The lowest BCUT2D eigenvalue weighted by Gasteiger charge is -2.18. The molecule has 139 valence electrons. The zero-order chi connectivity index (χ0) is 19.3. The van der Waals surface area contributed by atoms with Gasteiger partial charge in [0, 0.05) is 12.1 Å². The number of hydrogen-bond donors (Lipinski definition) is 1. The van der Waals surface area contributed by atoms with Gasteiger partial charge >= 0.3 is 0 Å². The summed E-state index contributed by atoms with van der Waals surface area (Å²) in [5.74, 6) is -0.647. The largest absolute Gasteiger partial charge is 0.294 e. The van der Waals surface area contributed by atoms with Gasteiger partial charge in [-0.15, -0.1) is 0 Å². The van der Waals surface area contributed by atoms with E-state index < -0.39 is 15.9 Å². The number of nitrogens with one attached hydrogen (secondary N) is 1. The molecule has 6 heteroatoms. The quantitative estimate of drug-likeness (QED) is 0.801. The van der Waals surface area contributed by atoms with Crippen LogP contribution in [0.4, 0.5) is 0 Å². The van der Waals surface area contributed by atoms with Crippen LogP contribution in [0.25, 0.3) is 0 Å². The topological polar surface area (TPSA) is 77.3 Å². The predicted molar refractivity (Wildman–Crippen MR) is 105 cm³/mol. The van der Waals surface area contributed by atoms with E-state index in [1.54, 1.807) is 13.0 Å². The Kier molecular flexibility index (Phi) is 5.76. The van der Waals surface area contributed by atoms with Gasteiger partial charge < -0.3 is 0 Å². The monoisotopic (exact) mass is 381 g/mol. The summed E-state index contributed by atoms with van der Waals surface area (Å²) < 4.78 is 27.2. The van der Waals surface area contributed by atoms with Crippen LogP contribution in [0.3, 0.4) is 0 Å². The van der Waals surface area contributed by atoms with Gasteiger partial charge in [0.1, 0.15) is 5.70 Å². The molecule has 0 saturated carbocycles. The van der Waals surface area contributed by atoms with Crippen LogP contribution in [0.5, 0.6) is 0 Å². The highest BCUT2D eigenvalue weighted by Crippen LogP contribution is 2.18. The normalized spacial score (nSPS) is 14.6. The van der Waals surface area contributed by atoms with E-state index in [2.05, 4.69) is 10.0 Å². The molecule has 0 unspecified atom stereocenters. The number of sulfonamides is 1. The lowest BCUT2D eigenvalue weighted by atomic mass is 10.0. The third-order valence-corrected chi connectivity index (χ3v) is 5.48. The minimum atomic E-state index is -3.64. The number of hydrogen-bond acceptors (Lipinski definition) is 3. The van der Waals surface area contributed by atoms with E-state index in [1.165, 1.54) is 0 Å². The van der Waals surface area contributed by atoms with Crippen molar-refractivity contribution < 1.29 is 13.2 Å². The standard InChI is InChI=1S/C21H21N2O3S/c1-16-14-19(15-18-10-6-3-7-11-18)22-21(24)20(16)23-27(25,26)13-12-17-8-4-2-5-9-17/h2-11,14,23H,12-13,15H2,1H3. The Morgan fingerprint density at radius 2 is 1.52 bits per heavy atom. The zero-order valence-electron chi connectivity index (χ0n) is 15.1. The van der Waals surface area contributed by atoms with E-state index in [0.29, 0.717) is 24.1 Å². The van der Waals surface area contributed by atoms with Crippen molar-refractivity contribution in [3.8, 4) is 0 Å². The average Bonchev–Trinajstić information content (AvgIpc) is 2.65. The fourth-order valence-electron chi connectivity index (χ4n) is 2.83. The van der Waals surface area contributed by atoms with E-state index in [1.807, 2.05) is 60.7 Å².